The Labute approximate surface area is 202 Å². The molecule has 0 saturated carbocycles. The predicted octanol–water partition coefficient (Wildman–Crippen LogP) is 1.54. The zero-order valence-corrected chi connectivity index (χ0v) is 20.5. The van der Waals surface area contributed by atoms with Gasteiger partial charge in [0.25, 0.3) is 0 Å². The molecule has 2 saturated heterocycles. The van der Waals surface area contributed by atoms with Gasteiger partial charge < -0.3 is 9.64 Å². The normalized spacial score (nSPS) is 24.9. The van der Waals surface area contributed by atoms with Crippen molar-refractivity contribution in [1.82, 2.24) is 29.6 Å². The number of H-pyrrole nitrogens is 1. The van der Waals surface area contributed by atoms with Crippen molar-refractivity contribution < 1.29 is 13.2 Å². The minimum absolute atomic E-state index is 0.0782. The number of fused-ring (bicyclic) bond motifs is 2. The van der Waals surface area contributed by atoms with E-state index in [2.05, 4.69) is 42.8 Å². The first-order chi connectivity index (χ1) is 16.5. The molecule has 5 heterocycles. The molecule has 0 amide bonds. The minimum Gasteiger partial charge on any atom is -0.379 e. The van der Waals surface area contributed by atoms with Crippen molar-refractivity contribution >= 4 is 43.8 Å². The quantitative estimate of drug-likeness (QED) is 0.559. The van der Waals surface area contributed by atoms with Gasteiger partial charge in [-0.15, -0.1) is 11.3 Å². The second-order valence-electron chi connectivity index (χ2n) is 8.76. The first-order valence-corrected chi connectivity index (χ1v) is 14.1. The summed E-state index contributed by atoms with van der Waals surface area (Å²) in [4.78, 5) is 11.0. The van der Waals surface area contributed by atoms with Crippen LogP contribution < -0.4 is 5.32 Å². The van der Waals surface area contributed by atoms with Crippen molar-refractivity contribution in [2.24, 2.45) is 4.99 Å². The molecule has 2 aromatic heterocycles. The Hall–Kier alpha value is -2.35. The lowest BCUT2D eigenvalue weighted by molar-refractivity contribution is -0.0316. The first kappa shape index (κ1) is 22.1. The molecule has 0 spiro atoms. The van der Waals surface area contributed by atoms with Crippen LogP contribution in [0.4, 0.5) is 5.69 Å². The fraction of sp³-hybridized carbons (Fsp3) is 0.455. The van der Waals surface area contributed by atoms with E-state index >= 15 is 0 Å². The number of amidine groups is 1. The van der Waals surface area contributed by atoms with Crippen molar-refractivity contribution in [2.45, 2.75) is 12.3 Å². The first-order valence-electron chi connectivity index (χ1n) is 11.4. The topological polar surface area (TPSA) is 106 Å². The Morgan fingerprint density at radius 2 is 2.03 bits per heavy atom. The van der Waals surface area contributed by atoms with Crippen LogP contribution in [0.25, 0.3) is 10.9 Å². The summed E-state index contributed by atoms with van der Waals surface area (Å²) in [5.41, 5.74) is 2.87. The van der Waals surface area contributed by atoms with Crippen LogP contribution >= 0.6 is 11.3 Å². The van der Waals surface area contributed by atoms with Gasteiger partial charge in [0.15, 0.2) is 0 Å². The van der Waals surface area contributed by atoms with Crippen molar-refractivity contribution in [2.75, 3.05) is 52.2 Å². The lowest BCUT2D eigenvalue weighted by Crippen LogP contribution is -2.64. The number of nitrogens with zero attached hydrogens (tertiary/aromatic N) is 5. The lowest BCUT2D eigenvalue weighted by atomic mass is 10.0. The largest absolute Gasteiger partial charge is 0.379 e. The summed E-state index contributed by atoms with van der Waals surface area (Å²) in [6.07, 6.45) is 2.79. The molecule has 12 heteroatoms. The molecule has 2 N–H and O–H groups in total. The molecule has 2 unspecified atom stereocenters. The van der Waals surface area contributed by atoms with Gasteiger partial charge in [0.05, 0.1) is 47.9 Å². The standard InChI is InChI=1S/C22H27N7O3S2/c1-34(30,31)28-7-6-23-19(14-28)29-21(15-3-2-4-17-16(15)13-24-26-17)25-18-5-12-33-20(18)22(29)27-8-10-32-11-9-27/h2-5,12-13,19,22-23H,6-11,14H2,1H3,(H,24,26). The third-order valence-electron chi connectivity index (χ3n) is 6.68. The van der Waals surface area contributed by atoms with Crippen molar-refractivity contribution in [3.05, 3.63) is 46.3 Å². The van der Waals surface area contributed by atoms with Gasteiger partial charge in [0, 0.05) is 43.7 Å². The van der Waals surface area contributed by atoms with Gasteiger partial charge >= 0.3 is 0 Å². The number of aromatic nitrogens is 2. The minimum atomic E-state index is -3.32. The number of hydrogen-bond acceptors (Lipinski definition) is 9. The molecule has 34 heavy (non-hydrogen) atoms. The van der Waals surface area contributed by atoms with Gasteiger partial charge in [-0.05, 0) is 17.5 Å². The number of piperazine rings is 1. The molecule has 0 bridgehead atoms. The maximum absolute atomic E-state index is 12.5. The Balaban J connectivity index is 1.51. The number of thiophene rings is 1. The summed E-state index contributed by atoms with van der Waals surface area (Å²) < 4.78 is 32.1. The summed E-state index contributed by atoms with van der Waals surface area (Å²) in [5, 5.41) is 14.0. The smallest absolute Gasteiger partial charge is 0.211 e. The van der Waals surface area contributed by atoms with Crippen LogP contribution in [0, 0.1) is 0 Å². The highest BCUT2D eigenvalue weighted by Gasteiger charge is 2.42. The number of morpholine rings is 1. The number of sulfonamides is 1. The summed E-state index contributed by atoms with van der Waals surface area (Å²) >= 11 is 1.69. The zero-order valence-electron chi connectivity index (χ0n) is 18.8. The Kier molecular flexibility index (Phi) is 5.66. The van der Waals surface area contributed by atoms with E-state index in [1.807, 2.05) is 18.3 Å². The second kappa shape index (κ2) is 8.70. The molecule has 10 nitrogen and oxygen atoms in total. The van der Waals surface area contributed by atoms with E-state index in [1.54, 1.807) is 15.6 Å². The number of rotatable bonds is 4. The maximum Gasteiger partial charge on any atom is 0.211 e. The molecule has 0 radical (unpaired) electrons. The number of benzene rings is 1. The fourth-order valence-electron chi connectivity index (χ4n) is 5.05. The van der Waals surface area contributed by atoms with Gasteiger partial charge in [0.2, 0.25) is 10.0 Å². The van der Waals surface area contributed by atoms with Crippen LogP contribution in [0.1, 0.15) is 16.6 Å². The third-order valence-corrected chi connectivity index (χ3v) is 8.90. The summed E-state index contributed by atoms with van der Waals surface area (Å²) in [6, 6.07) is 8.13. The van der Waals surface area contributed by atoms with Gasteiger partial charge in [-0.1, -0.05) is 12.1 Å². The number of aromatic amines is 1. The van der Waals surface area contributed by atoms with Crippen LogP contribution in [0.3, 0.4) is 0 Å². The predicted molar refractivity (Wildman–Crippen MR) is 132 cm³/mol. The van der Waals surface area contributed by atoms with E-state index in [-0.39, 0.29) is 12.3 Å². The molecule has 3 aliphatic heterocycles. The molecule has 3 aliphatic rings. The van der Waals surface area contributed by atoms with Crippen LogP contribution in [-0.2, 0) is 14.8 Å². The number of nitrogens with one attached hydrogen (secondary N) is 2. The van der Waals surface area contributed by atoms with Crippen molar-refractivity contribution in [3.63, 3.8) is 0 Å². The van der Waals surface area contributed by atoms with Gasteiger partial charge in [-0.2, -0.15) is 9.40 Å². The number of aliphatic imine (C=N–C) groups is 1. The Morgan fingerprint density at radius 3 is 2.85 bits per heavy atom. The monoisotopic (exact) mass is 501 g/mol. The molecule has 3 aromatic rings. The van der Waals surface area contributed by atoms with Crippen LogP contribution in [0.2, 0.25) is 0 Å². The van der Waals surface area contributed by atoms with E-state index in [9.17, 15) is 8.42 Å². The zero-order chi connectivity index (χ0) is 23.3. The molecule has 180 valence electrons. The highest BCUT2D eigenvalue weighted by Crippen LogP contribution is 2.43. The van der Waals surface area contributed by atoms with E-state index in [1.165, 1.54) is 11.1 Å². The number of ether oxygens (including phenoxy) is 1. The molecule has 0 aliphatic carbocycles. The van der Waals surface area contributed by atoms with E-state index in [4.69, 9.17) is 9.73 Å². The molecule has 6 rings (SSSR count). The fourth-order valence-corrected chi connectivity index (χ4v) is 6.85. The van der Waals surface area contributed by atoms with E-state index in [0.29, 0.717) is 32.8 Å². The van der Waals surface area contributed by atoms with Gasteiger partial charge in [0.1, 0.15) is 12.0 Å². The Bertz CT molecular complexity index is 1330. The molecule has 1 aromatic carbocycles. The summed E-state index contributed by atoms with van der Waals surface area (Å²) in [5.74, 6) is 0.822. The van der Waals surface area contributed by atoms with Crippen molar-refractivity contribution in [1.29, 1.82) is 0 Å². The summed E-state index contributed by atoms with van der Waals surface area (Å²) in [7, 11) is -3.32. The molecular weight excluding hydrogens is 474 g/mol. The highest BCUT2D eigenvalue weighted by atomic mass is 32.2. The summed E-state index contributed by atoms with van der Waals surface area (Å²) in [6.45, 7) is 4.31. The molecular formula is C22H27N7O3S2. The average Bonchev–Trinajstić information content (AvgIpc) is 3.52. The van der Waals surface area contributed by atoms with Crippen molar-refractivity contribution in [3.8, 4) is 0 Å². The number of hydrogen-bond donors (Lipinski definition) is 2. The van der Waals surface area contributed by atoms with E-state index < -0.39 is 10.0 Å². The van der Waals surface area contributed by atoms with E-state index in [0.717, 1.165) is 41.1 Å². The van der Waals surface area contributed by atoms with Gasteiger partial charge in [-0.25, -0.2) is 13.4 Å². The molecule has 2 fully saturated rings. The molecule has 2 atom stereocenters. The highest BCUT2D eigenvalue weighted by molar-refractivity contribution is 7.88. The third kappa shape index (κ3) is 3.84. The maximum atomic E-state index is 12.5. The average molecular weight is 502 g/mol. The SMILES string of the molecule is CS(=O)(=O)N1CCNC(N2C(c3cccc4[nH]ncc34)=Nc3ccsc3C2N2CCOCC2)C1. The lowest BCUT2D eigenvalue weighted by Gasteiger charge is -2.49. The van der Waals surface area contributed by atoms with Gasteiger partial charge in [-0.3, -0.25) is 15.3 Å². The van der Waals surface area contributed by atoms with Crippen LogP contribution in [0.5, 0.6) is 0 Å². The second-order valence-corrected chi connectivity index (χ2v) is 11.7. The van der Waals surface area contributed by atoms with Crippen LogP contribution in [0.15, 0.2) is 40.8 Å². The Morgan fingerprint density at radius 1 is 1.18 bits per heavy atom. The van der Waals surface area contributed by atoms with Crippen LogP contribution in [-0.4, -0.2) is 96.9 Å².